The largest absolute Gasteiger partial charge is 0.390 e. The molecule has 1 saturated heterocycles. The first-order valence-electron chi connectivity index (χ1n) is 14.3. The Labute approximate surface area is 230 Å². The number of piperidine rings is 1. The van der Waals surface area contributed by atoms with Gasteiger partial charge in [0.2, 0.25) is 0 Å². The van der Waals surface area contributed by atoms with Crippen LogP contribution in [0.25, 0.3) is 0 Å². The number of aliphatic hydroxyl groups excluding tert-OH is 1. The van der Waals surface area contributed by atoms with E-state index in [9.17, 15) is 20.0 Å². The number of Topliss-reactive ketones (excluding diaryl/α,β-unsaturated/α-hetero) is 1. The first-order chi connectivity index (χ1) is 18.7. The summed E-state index contributed by atoms with van der Waals surface area (Å²) in [4.78, 5) is 29.2. The molecule has 1 amide bonds. The molecule has 3 aliphatic heterocycles. The third kappa shape index (κ3) is 4.49. The van der Waals surface area contributed by atoms with Gasteiger partial charge in [-0.2, -0.15) is 5.26 Å². The normalized spacial score (nSPS) is 27.6. The van der Waals surface area contributed by atoms with Gasteiger partial charge in [0.1, 0.15) is 0 Å². The number of hydrogen-bond acceptors (Lipinski definition) is 6. The molecule has 3 N–H and O–H groups in total. The van der Waals surface area contributed by atoms with Crippen molar-refractivity contribution in [3.8, 4) is 6.07 Å². The molecule has 6 rings (SSSR count). The molecule has 39 heavy (non-hydrogen) atoms. The number of carbonyl (C=O) groups is 2. The maximum absolute atomic E-state index is 13.8. The molecule has 204 valence electrons. The van der Waals surface area contributed by atoms with Gasteiger partial charge in [-0.25, -0.2) is 0 Å². The fourth-order valence-corrected chi connectivity index (χ4v) is 7.65. The van der Waals surface area contributed by atoms with Gasteiger partial charge < -0.3 is 20.6 Å². The highest BCUT2D eigenvalue weighted by Gasteiger charge is 2.57. The Balaban J connectivity index is 1.21. The van der Waals surface area contributed by atoms with Crippen molar-refractivity contribution in [2.24, 2.45) is 17.3 Å². The highest BCUT2D eigenvalue weighted by molar-refractivity contribution is 6.02. The first kappa shape index (κ1) is 26.2. The number of β-amino-alcohol motifs (C(OH)–C–C–N with tert-alkyl or cyclic N) is 1. The van der Waals surface area contributed by atoms with Gasteiger partial charge in [0.05, 0.1) is 18.1 Å². The van der Waals surface area contributed by atoms with Gasteiger partial charge in [-0.3, -0.25) is 9.59 Å². The molecule has 7 nitrogen and oxygen atoms in total. The quantitative estimate of drug-likeness (QED) is 0.517. The average molecular weight is 527 g/mol. The van der Waals surface area contributed by atoms with Crippen LogP contribution in [0.3, 0.4) is 0 Å². The Morgan fingerprint density at radius 3 is 2.67 bits per heavy atom. The van der Waals surface area contributed by atoms with Crippen LogP contribution in [-0.4, -0.2) is 60.0 Å². The zero-order chi connectivity index (χ0) is 27.4. The monoisotopic (exact) mass is 526 g/mol. The van der Waals surface area contributed by atoms with Crippen LogP contribution in [0.15, 0.2) is 42.5 Å². The summed E-state index contributed by atoms with van der Waals surface area (Å²) < 4.78 is 0. The van der Waals surface area contributed by atoms with Crippen molar-refractivity contribution in [2.75, 3.05) is 26.2 Å². The first-order valence-corrected chi connectivity index (χ1v) is 14.3. The number of nitrogens with one attached hydrogen (secondary N) is 2. The van der Waals surface area contributed by atoms with Gasteiger partial charge in [-0.1, -0.05) is 44.2 Å². The van der Waals surface area contributed by atoms with Crippen LogP contribution in [0.1, 0.15) is 70.5 Å². The molecule has 1 saturated carbocycles. The standard InChI is InChI=1S/C32H38N4O3/c1-31(2)19-36(18-27(37)26-14-20-5-3-4-6-22(20)17-35-26)30(39)24-8-7-21(13-25(24)31)29(38)28-23(16-33)15-32(28)9-11-34-12-10-32/h3-8,13,23,26-28,34-35,37H,9-12,14-15,17-19H2,1-2H3/t23?,26-,27+,28?/m0/s1. The Morgan fingerprint density at radius 2 is 1.92 bits per heavy atom. The molecule has 2 aromatic rings. The van der Waals surface area contributed by atoms with Crippen molar-refractivity contribution in [1.82, 2.24) is 15.5 Å². The van der Waals surface area contributed by atoms with E-state index in [2.05, 4.69) is 42.7 Å². The van der Waals surface area contributed by atoms with Crippen LogP contribution >= 0.6 is 0 Å². The summed E-state index contributed by atoms with van der Waals surface area (Å²) in [6, 6.07) is 16.0. The Kier molecular flexibility index (Phi) is 6.61. The maximum Gasteiger partial charge on any atom is 0.254 e. The predicted molar refractivity (Wildman–Crippen MR) is 148 cm³/mol. The summed E-state index contributed by atoms with van der Waals surface area (Å²) >= 11 is 0. The van der Waals surface area contributed by atoms with E-state index in [-0.39, 0.29) is 46.9 Å². The minimum Gasteiger partial charge on any atom is -0.390 e. The Hall–Kier alpha value is -3.05. The van der Waals surface area contributed by atoms with Crippen molar-refractivity contribution >= 4 is 11.7 Å². The smallest absolute Gasteiger partial charge is 0.254 e. The van der Waals surface area contributed by atoms with Crippen molar-refractivity contribution in [1.29, 1.82) is 5.26 Å². The highest BCUT2D eigenvalue weighted by atomic mass is 16.3. The van der Waals surface area contributed by atoms with Gasteiger partial charge in [0.25, 0.3) is 5.91 Å². The van der Waals surface area contributed by atoms with E-state index in [4.69, 9.17) is 0 Å². The molecular formula is C32H38N4O3. The molecule has 2 unspecified atom stereocenters. The van der Waals surface area contributed by atoms with Crippen LogP contribution in [0, 0.1) is 28.6 Å². The predicted octanol–water partition coefficient (Wildman–Crippen LogP) is 3.21. The fraction of sp³-hybridized carbons (Fsp3) is 0.531. The van der Waals surface area contributed by atoms with E-state index >= 15 is 0 Å². The van der Waals surface area contributed by atoms with Crippen LogP contribution in [0.5, 0.6) is 0 Å². The van der Waals surface area contributed by atoms with Crippen LogP contribution in [-0.2, 0) is 18.4 Å². The minimum absolute atomic E-state index is 0.0438. The van der Waals surface area contributed by atoms with Crippen LogP contribution < -0.4 is 10.6 Å². The molecule has 2 fully saturated rings. The lowest BCUT2D eigenvalue weighted by atomic mass is 9.49. The third-order valence-electron chi connectivity index (χ3n) is 9.86. The zero-order valence-corrected chi connectivity index (χ0v) is 22.9. The lowest BCUT2D eigenvalue weighted by molar-refractivity contribution is -0.0243. The average Bonchev–Trinajstić information content (AvgIpc) is 2.94. The minimum atomic E-state index is -0.691. The Morgan fingerprint density at radius 1 is 1.18 bits per heavy atom. The van der Waals surface area contributed by atoms with Crippen molar-refractivity contribution < 1.29 is 14.7 Å². The summed E-state index contributed by atoms with van der Waals surface area (Å²) in [5.41, 5.74) is 4.11. The molecule has 4 atom stereocenters. The SMILES string of the molecule is CC1(C)CN(C[C@@H](O)[C@@H]2Cc3ccccc3CN2)C(=O)c2ccc(C(=O)C3C(C#N)CC34CCNCC4)cc21. The highest BCUT2D eigenvalue weighted by Crippen LogP contribution is 2.57. The van der Waals surface area contributed by atoms with Gasteiger partial charge in [0, 0.05) is 48.1 Å². The van der Waals surface area contributed by atoms with Crippen molar-refractivity contribution in [3.63, 3.8) is 0 Å². The summed E-state index contributed by atoms with van der Waals surface area (Å²) in [5, 5.41) is 27.7. The van der Waals surface area contributed by atoms with Gasteiger partial charge in [0.15, 0.2) is 5.78 Å². The molecular weight excluding hydrogens is 488 g/mol. The lowest BCUT2D eigenvalue weighted by Crippen LogP contribution is -2.56. The van der Waals surface area contributed by atoms with E-state index in [1.165, 1.54) is 11.1 Å². The second kappa shape index (κ2) is 9.85. The molecule has 7 heteroatoms. The summed E-state index contributed by atoms with van der Waals surface area (Å²) in [6.07, 6.45) is 2.69. The van der Waals surface area contributed by atoms with E-state index < -0.39 is 6.10 Å². The number of rotatable bonds is 5. The summed E-state index contributed by atoms with van der Waals surface area (Å²) in [5.74, 6) is -0.572. The topological polar surface area (TPSA) is 105 Å². The summed E-state index contributed by atoms with van der Waals surface area (Å²) in [6.45, 7) is 7.40. The van der Waals surface area contributed by atoms with E-state index in [1.54, 1.807) is 17.0 Å². The molecule has 2 aromatic carbocycles. The number of aliphatic hydroxyl groups is 1. The zero-order valence-electron chi connectivity index (χ0n) is 22.9. The number of hydrogen-bond donors (Lipinski definition) is 3. The number of carbonyl (C=O) groups excluding carboxylic acids is 2. The molecule has 3 heterocycles. The maximum atomic E-state index is 13.8. The number of fused-ring (bicyclic) bond motifs is 2. The summed E-state index contributed by atoms with van der Waals surface area (Å²) in [7, 11) is 0. The van der Waals surface area contributed by atoms with Crippen molar-refractivity contribution in [3.05, 3.63) is 70.3 Å². The van der Waals surface area contributed by atoms with Gasteiger partial charge in [-0.05, 0) is 73.0 Å². The number of benzene rings is 2. The van der Waals surface area contributed by atoms with Crippen LogP contribution in [0.2, 0.25) is 0 Å². The Bertz CT molecular complexity index is 1340. The number of ketones is 1. The van der Waals surface area contributed by atoms with Gasteiger partial charge in [-0.15, -0.1) is 0 Å². The molecule has 0 radical (unpaired) electrons. The number of amides is 1. The lowest BCUT2D eigenvalue weighted by Gasteiger charge is -2.54. The molecule has 1 spiro atoms. The van der Waals surface area contributed by atoms with Gasteiger partial charge >= 0.3 is 0 Å². The second-order valence-corrected chi connectivity index (χ2v) is 12.8. The van der Waals surface area contributed by atoms with E-state index in [0.29, 0.717) is 24.2 Å². The molecule has 4 aliphatic rings. The molecule has 0 aromatic heterocycles. The van der Waals surface area contributed by atoms with Crippen molar-refractivity contribution in [2.45, 2.75) is 63.6 Å². The van der Waals surface area contributed by atoms with Crippen LogP contribution in [0.4, 0.5) is 0 Å². The number of nitrogens with zero attached hydrogens (tertiary/aromatic N) is 2. The fourth-order valence-electron chi connectivity index (χ4n) is 7.65. The third-order valence-corrected chi connectivity index (χ3v) is 9.86. The van der Waals surface area contributed by atoms with E-state index in [0.717, 1.165) is 44.3 Å². The molecule has 0 bridgehead atoms. The number of nitriles is 1. The molecule has 1 aliphatic carbocycles. The second-order valence-electron chi connectivity index (χ2n) is 12.8. The van der Waals surface area contributed by atoms with E-state index in [1.807, 2.05) is 18.2 Å².